The van der Waals surface area contributed by atoms with Gasteiger partial charge in [-0.15, -0.1) is 0 Å². The minimum Gasteiger partial charge on any atom is -0.497 e. The Morgan fingerprint density at radius 2 is 1.86 bits per heavy atom. The fraction of sp³-hybridized carbons (Fsp3) is 0.375. The number of hydrogen-bond acceptors (Lipinski definition) is 5. The Kier molecular flexibility index (Phi) is 7.12. The second kappa shape index (κ2) is 8.84. The molecule has 0 saturated heterocycles. The molecule has 0 heterocycles. The van der Waals surface area contributed by atoms with Crippen molar-refractivity contribution in [3.05, 3.63) is 41.5 Å². The van der Waals surface area contributed by atoms with Crippen molar-refractivity contribution in [3.8, 4) is 5.75 Å². The quantitative estimate of drug-likeness (QED) is 0.604. The molecule has 6 heteroatoms. The van der Waals surface area contributed by atoms with E-state index < -0.39 is 5.97 Å². The van der Waals surface area contributed by atoms with Gasteiger partial charge in [0.1, 0.15) is 5.75 Å². The molecule has 1 amide bonds. The lowest BCUT2D eigenvalue weighted by molar-refractivity contribution is -0.136. The van der Waals surface area contributed by atoms with Gasteiger partial charge in [-0.3, -0.25) is 4.79 Å². The lowest BCUT2D eigenvalue weighted by Crippen LogP contribution is -2.32. The van der Waals surface area contributed by atoms with E-state index in [0.29, 0.717) is 6.54 Å². The average molecular weight is 307 g/mol. The van der Waals surface area contributed by atoms with Crippen LogP contribution >= 0.6 is 0 Å². The molecule has 1 rings (SSSR count). The van der Waals surface area contributed by atoms with Crippen molar-refractivity contribution < 1.29 is 24.2 Å². The van der Waals surface area contributed by atoms with E-state index in [4.69, 9.17) is 9.84 Å². The standard InChI is InChI=1S/C16H21NO5/c1-12(16(20)22-3)10-15(19)17(8-9-18)11-13-4-6-14(21-2)7-5-13/h4-7,10,18H,8-9,11H2,1-3H3/b12-10-. The van der Waals surface area contributed by atoms with Crippen LogP contribution in [0.1, 0.15) is 12.5 Å². The van der Waals surface area contributed by atoms with E-state index in [1.807, 2.05) is 12.1 Å². The highest BCUT2D eigenvalue weighted by Crippen LogP contribution is 2.13. The van der Waals surface area contributed by atoms with Crippen LogP contribution in [0.2, 0.25) is 0 Å². The van der Waals surface area contributed by atoms with E-state index in [-0.39, 0.29) is 24.6 Å². The Balaban J connectivity index is 2.83. The van der Waals surface area contributed by atoms with Crippen LogP contribution in [-0.2, 0) is 20.9 Å². The molecule has 0 bridgehead atoms. The van der Waals surface area contributed by atoms with Gasteiger partial charge in [-0.25, -0.2) is 4.79 Å². The van der Waals surface area contributed by atoms with Crippen LogP contribution in [0, 0.1) is 0 Å². The summed E-state index contributed by atoms with van der Waals surface area (Å²) in [6.45, 7) is 1.85. The summed E-state index contributed by atoms with van der Waals surface area (Å²) >= 11 is 0. The van der Waals surface area contributed by atoms with Gasteiger partial charge in [-0.1, -0.05) is 12.1 Å². The average Bonchev–Trinajstić information content (AvgIpc) is 2.54. The molecule has 1 aromatic carbocycles. The van der Waals surface area contributed by atoms with Gasteiger partial charge in [-0.2, -0.15) is 0 Å². The van der Waals surface area contributed by atoms with Gasteiger partial charge in [0.05, 0.1) is 20.8 Å². The summed E-state index contributed by atoms with van der Waals surface area (Å²) in [4.78, 5) is 25.0. The van der Waals surface area contributed by atoms with Gasteiger partial charge in [0.2, 0.25) is 5.91 Å². The Morgan fingerprint density at radius 3 is 2.36 bits per heavy atom. The maximum atomic E-state index is 12.2. The molecule has 0 aromatic heterocycles. The fourth-order valence-corrected chi connectivity index (χ4v) is 1.84. The molecule has 0 fully saturated rings. The van der Waals surface area contributed by atoms with E-state index in [9.17, 15) is 9.59 Å². The van der Waals surface area contributed by atoms with E-state index in [2.05, 4.69) is 4.74 Å². The number of esters is 1. The smallest absolute Gasteiger partial charge is 0.333 e. The highest BCUT2D eigenvalue weighted by atomic mass is 16.5. The molecule has 1 N–H and O–H groups in total. The summed E-state index contributed by atoms with van der Waals surface area (Å²) in [6, 6.07) is 7.28. The number of carbonyl (C=O) groups is 2. The molecule has 1 aromatic rings. The lowest BCUT2D eigenvalue weighted by Gasteiger charge is -2.20. The van der Waals surface area contributed by atoms with E-state index in [1.165, 1.54) is 25.0 Å². The summed E-state index contributed by atoms with van der Waals surface area (Å²) in [5.74, 6) is -0.181. The van der Waals surface area contributed by atoms with Gasteiger partial charge in [0.15, 0.2) is 0 Å². The van der Waals surface area contributed by atoms with Crippen molar-refractivity contribution in [2.24, 2.45) is 0 Å². The number of nitrogens with zero attached hydrogens (tertiary/aromatic N) is 1. The van der Waals surface area contributed by atoms with Gasteiger partial charge >= 0.3 is 5.97 Å². The van der Waals surface area contributed by atoms with Crippen LogP contribution in [0.5, 0.6) is 5.75 Å². The monoisotopic (exact) mass is 307 g/mol. The molecule has 0 aliphatic heterocycles. The molecule has 0 saturated carbocycles. The molecule has 6 nitrogen and oxygen atoms in total. The first kappa shape index (κ1) is 17.7. The summed E-state index contributed by atoms with van der Waals surface area (Å²) in [6.07, 6.45) is 1.21. The lowest BCUT2D eigenvalue weighted by atomic mass is 10.2. The van der Waals surface area contributed by atoms with E-state index in [1.54, 1.807) is 19.2 Å². The number of aliphatic hydroxyl groups is 1. The molecule has 0 aliphatic rings. The van der Waals surface area contributed by atoms with E-state index >= 15 is 0 Å². The Morgan fingerprint density at radius 1 is 1.23 bits per heavy atom. The fourth-order valence-electron chi connectivity index (χ4n) is 1.84. The van der Waals surface area contributed by atoms with Crippen LogP contribution in [0.3, 0.4) is 0 Å². The summed E-state index contributed by atoms with van der Waals surface area (Å²) in [5.41, 5.74) is 1.11. The zero-order chi connectivity index (χ0) is 16.5. The predicted molar refractivity (Wildman–Crippen MR) is 81.3 cm³/mol. The molecule has 22 heavy (non-hydrogen) atoms. The summed E-state index contributed by atoms with van der Waals surface area (Å²) in [7, 11) is 2.84. The van der Waals surface area contributed by atoms with Crippen molar-refractivity contribution in [2.45, 2.75) is 13.5 Å². The normalized spacial score (nSPS) is 11.0. The predicted octanol–water partition coefficient (Wildman–Crippen LogP) is 1.14. The van der Waals surface area contributed by atoms with Crippen molar-refractivity contribution >= 4 is 11.9 Å². The Labute approximate surface area is 129 Å². The minimum absolute atomic E-state index is 0.160. The van der Waals surface area contributed by atoms with Crippen LogP contribution in [0.15, 0.2) is 35.9 Å². The third-order valence-electron chi connectivity index (χ3n) is 3.06. The third-order valence-corrected chi connectivity index (χ3v) is 3.06. The summed E-state index contributed by atoms with van der Waals surface area (Å²) in [5, 5.41) is 9.11. The zero-order valence-corrected chi connectivity index (χ0v) is 13.0. The topological polar surface area (TPSA) is 76.1 Å². The molecule has 0 spiro atoms. The number of hydrogen-bond donors (Lipinski definition) is 1. The third kappa shape index (κ3) is 5.21. The van der Waals surface area contributed by atoms with Crippen LogP contribution in [0.25, 0.3) is 0 Å². The minimum atomic E-state index is -0.554. The number of rotatable bonds is 7. The van der Waals surface area contributed by atoms with Crippen LogP contribution in [0.4, 0.5) is 0 Å². The Hall–Kier alpha value is -2.34. The number of ether oxygens (including phenoxy) is 2. The first-order valence-electron chi connectivity index (χ1n) is 6.81. The molecular formula is C16H21NO5. The maximum absolute atomic E-state index is 12.2. The van der Waals surface area contributed by atoms with Crippen molar-refractivity contribution in [3.63, 3.8) is 0 Å². The Bertz CT molecular complexity index is 536. The van der Waals surface area contributed by atoms with Gasteiger partial charge < -0.3 is 19.5 Å². The van der Waals surface area contributed by atoms with Crippen molar-refractivity contribution in [1.82, 2.24) is 4.90 Å². The molecular weight excluding hydrogens is 286 g/mol. The second-order valence-electron chi connectivity index (χ2n) is 4.65. The van der Waals surface area contributed by atoms with Crippen molar-refractivity contribution in [2.75, 3.05) is 27.4 Å². The molecule has 0 atom stereocenters. The number of benzene rings is 1. The molecule has 0 radical (unpaired) electrons. The van der Waals surface area contributed by atoms with Gasteiger partial charge in [-0.05, 0) is 24.6 Å². The van der Waals surface area contributed by atoms with E-state index in [0.717, 1.165) is 11.3 Å². The number of amides is 1. The zero-order valence-electron chi connectivity index (χ0n) is 13.0. The number of methoxy groups -OCH3 is 2. The van der Waals surface area contributed by atoms with Gasteiger partial charge in [0.25, 0.3) is 0 Å². The summed E-state index contributed by atoms with van der Waals surface area (Å²) < 4.78 is 9.63. The van der Waals surface area contributed by atoms with Crippen LogP contribution < -0.4 is 4.74 Å². The molecule has 0 unspecified atom stereocenters. The number of aliphatic hydroxyl groups excluding tert-OH is 1. The largest absolute Gasteiger partial charge is 0.497 e. The van der Waals surface area contributed by atoms with Crippen molar-refractivity contribution in [1.29, 1.82) is 0 Å². The number of carbonyl (C=O) groups excluding carboxylic acids is 2. The highest BCUT2D eigenvalue weighted by Gasteiger charge is 2.14. The molecule has 0 aliphatic carbocycles. The molecule has 120 valence electrons. The first-order chi connectivity index (χ1) is 10.5. The highest BCUT2D eigenvalue weighted by molar-refractivity contribution is 5.97. The maximum Gasteiger partial charge on any atom is 0.333 e. The first-order valence-corrected chi connectivity index (χ1v) is 6.81. The SMILES string of the molecule is COC(=O)/C(C)=C\C(=O)N(CCO)Cc1ccc(OC)cc1. The second-order valence-corrected chi connectivity index (χ2v) is 4.65. The van der Waals surface area contributed by atoms with Gasteiger partial charge in [0, 0.05) is 24.7 Å². The van der Waals surface area contributed by atoms with Crippen LogP contribution in [-0.4, -0.2) is 49.3 Å².